The molecule has 2 aromatic rings. The van der Waals surface area contributed by atoms with Gasteiger partial charge in [-0.3, -0.25) is 0 Å². The van der Waals surface area contributed by atoms with Gasteiger partial charge in [-0.25, -0.2) is 4.57 Å². The molecule has 2 heterocycles. The molecular formula is C24H33N2+. The van der Waals surface area contributed by atoms with Crippen molar-refractivity contribution in [1.29, 1.82) is 0 Å². The molecule has 26 heavy (non-hydrogen) atoms. The van der Waals surface area contributed by atoms with E-state index < -0.39 is 6.02 Å². The van der Waals surface area contributed by atoms with Crippen LogP contribution in [0.3, 0.4) is 0 Å². The van der Waals surface area contributed by atoms with Crippen LogP contribution in [0.15, 0.2) is 30.3 Å². The van der Waals surface area contributed by atoms with Crippen molar-refractivity contribution in [3.63, 3.8) is 0 Å². The van der Waals surface area contributed by atoms with Gasteiger partial charge in [0.05, 0.1) is 6.79 Å². The fraction of sp³-hybridized carbons (Fsp3) is 0.542. The van der Waals surface area contributed by atoms with Gasteiger partial charge in [-0.1, -0.05) is 37.5 Å². The second kappa shape index (κ2) is 6.40. The molecule has 1 aromatic carbocycles. The number of benzene rings is 1. The molecule has 2 aliphatic rings. The Morgan fingerprint density at radius 1 is 1.08 bits per heavy atom. The molecule has 4 rings (SSSR count). The molecule has 1 fully saturated rings. The predicted molar refractivity (Wildman–Crippen MR) is 109 cm³/mol. The van der Waals surface area contributed by atoms with E-state index >= 15 is 0 Å². The standard InChI is InChI=1S/C24H33N2/c1-17-11-9-10-14-20(17)25-18(2)21-15-16-22(19-12-7-6-8-13-19)26(21)23(25)24(3,4)5/h9-11,14-16,19,22H,6-8,12-13H2,1-5H3/q+1/i22D. The van der Waals surface area contributed by atoms with Crippen LogP contribution >= 0.6 is 0 Å². The van der Waals surface area contributed by atoms with Crippen LogP contribution in [0.25, 0.3) is 11.8 Å². The second-order valence-corrected chi connectivity index (χ2v) is 9.09. The molecule has 138 valence electrons. The molecule has 0 spiro atoms. The van der Waals surface area contributed by atoms with Crippen molar-refractivity contribution in [3.8, 4) is 5.69 Å². The number of aromatic nitrogens is 2. The number of hydrogen-bond acceptors (Lipinski definition) is 0. The predicted octanol–water partition coefficient (Wildman–Crippen LogP) is 5.83. The largest absolute Gasteiger partial charge is 0.268 e. The Labute approximate surface area is 160 Å². The first kappa shape index (κ1) is 16.4. The van der Waals surface area contributed by atoms with Gasteiger partial charge in [-0.2, -0.15) is 4.57 Å². The Hall–Kier alpha value is -1.83. The number of allylic oxidation sites excluding steroid dienone is 1. The first-order valence-electron chi connectivity index (χ1n) is 10.7. The zero-order valence-corrected chi connectivity index (χ0v) is 17.0. The van der Waals surface area contributed by atoms with Gasteiger partial charge in [0.2, 0.25) is 0 Å². The second-order valence-electron chi connectivity index (χ2n) is 9.09. The fourth-order valence-electron chi connectivity index (χ4n) is 4.84. The van der Waals surface area contributed by atoms with E-state index in [0.29, 0.717) is 5.92 Å². The molecule has 0 radical (unpaired) electrons. The zero-order valence-electron chi connectivity index (χ0n) is 18.0. The molecule has 0 amide bonds. The number of imidazole rings is 1. The molecule has 1 aliphatic heterocycles. The van der Waals surface area contributed by atoms with Crippen LogP contribution in [0.4, 0.5) is 0 Å². The molecule has 1 saturated carbocycles. The van der Waals surface area contributed by atoms with Crippen molar-refractivity contribution >= 4 is 6.08 Å². The summed E-state index contributed by atoms with van der Waals surface area (Å²) in [6.45, 7) is 11.2. The van der Waals surface area contributed by atoms with E-state index in [0.717, 1.165) is 0 Å². The van der Waals surface area contributed by atoms with Gasteiger partial charge in [-0.05, 0) is 64.3 Å². The highest BCUT2D eigenvalue weighted by molar-refractivity contribution is 5.52. The Bertz CT molecular complexity index is 894. The van der Waals surface area contributed by atoms with Crippen molar-refractivity contribution < 1.29 is 5.94 Å². The highest BCUT2D eigenvalue weighted by Gasteiger charge is 2.43. The molecule has 1 atom stereocenters. The highest BCUT2D eigenvalue weighted by Crippen LogP contribution is 2.38. The van der Waals surface area contributed by atoms with E-state index in [1.54, 1.807) is 0 Å². The third kappa shape index (κ3) is 2.74. The van der Waals surface area contributed by atoms with E-state index in [9.17, 15) is 1.37 Å². The number of rotatable bonds is 2. The summed E-state index contributed by atoms with van der Waals surface area (Å²) in [6.07, 6.45) is 10.6. The third-order valence-corrected chi connectivity index (χ3v) is 6.09. The summed E-state index contributed by atoms with van der Waals surface area (Å²) < 4.78 is 14.3. The molecule has 0 bridgehead atoms. The van der Waals surface area contributed by atoms with Crippen molar-refractivity contribution in [2.24, 2.45) is 5.92 Å². The monoisotopic (exact) mass is 350 g/mol. The Balaban J connectivity index is 1.99. The van der Waals surface area contributed by atoms with Crippen LogP contribution in [-0.4, -0.2) is 4.57 Å². The number of para-hydroxylation sites is 1. The van der Waals surface area contributed by atoms with Crippen molar-refractivity contribution in [2.45, 2.75) is 78.2 Å². The lowest BCUT2D eigenvalue weighted by atomic mass is 9.83. The van der Waals surface area contributed by atoms with Crippen molar-refractivity contribution in [3.05, 3.63) is 53.1 Å². The molecule has 1 aliphatic carbocycles. The van der Waals surface area contributed by atoms with Crippen LogP contribution in [0.5, 0.6) is 0 Å². The van der Waals surface area contributed by atoms with E-state index in [2.05, 4.69) is 80.2 Å². The molecule has 0 N–H and O–H groups in total. The van der Waals surface area contributed by atoms with Gasteiger partial charge in [0.15, 0.2) is 11.4 Å². The van der Waals surface area contributed by atoms with Gasteiger partial charge in [-0.15, -0.1) is 0 Å². The zero-order chi connectivity index (χ0) is 19.4. The average molecular weight is 351 g/mol. The first-order valence-corrected chi connectivity index (χ1v) is 10.2. The molecule has 1 unspecified atom stereocenters. The summed E-state index contributed by atoms with van der Waals surface area (Å²) >= 11 is 0. The summed E-state index contributed by atoms with van der Waals surface area (Å²) in [4.78, 5) is 0. The quantitative estimate of drug-likeness (QED) is 0.603. The lowest BCUT2D eigenvalue weighted by molar-refractivity contribution is -0.726. The molecule has 2 nitrogen and oxygen atoms in total. The summed E-state index contributed by atoms with van der Waals surface area (Å²) in [5.74, 6) is 1.65. The fourth-order valence-corrected chi connectivity index (χ4v) is 4.84. The van der Waals surface area contributed by atoms with E-state index in [-0.39, 0.29) is 5.41 Å². The number of nitrogens with zero attached hydrogens (tertiary/aromatic N) is 2. The summed E-state index contributed by atoms with van der Waals surface area (Å²) in [7, 11) is 0. The minimum Gasteiger partial charge on any atom is -0.220 e. The van der Waals surface area contributed by atoms with Gasteiger partial charge in [0.25, 0.3) is 5.82 Å². The van der Waals surface area contributed by atoms with E-state index in [1.807, 2.05) is 0 Å². The minimum atomic E-state index is -0.656. The first-order chi connectivity index (χ1) is 12.7. The lowest BCUT2D eigenvalue weighted by Crippen LogP contribution is -2.49. The lowest BCUT2D eigenvalue weighted by Gasteiger charge is -2.27. The Morgan fingerprint density at radius 2 is 1.77 bits per heavy atom. The van der Waals surface area contributed by atoms with E-state index in [1.165, 1.54) is 60.6 Å². The van der Waals surface area contributed by atoms with Crippen LogP contribution in [0.2, 0.25) is 0 Å². The molecular weight excluding hydrogens is 316 g/mol. The van der Waals surface area contributed by atoms with Gasteiger partial charge < -0.3 is 0 Å². The Morgan fingerprint density at radius 3 is 2.42 bits per heavy atom. The van der Waals surface area contributed by atoms with Crippen molar-refractivity contribution in [1.82, 2.24) is 4.57 Å². The van der Waals surface area contributed by atoms with Crippen molar-refractivity contribution in [2.75, 3.05) is 0 Å². The molecule has 1 aromatic heterocycles. The normalized spacial score (nSPS) is 24.0. The number of hydrogen-bond donors (Lipinski definition) is 0. The van der Waals surface area contributed by atoms with Gasteiger partial charge >= 0.3 is 0 Å². The maximum absolute atomic E-state index is 9.57. The summed E-state index contributed by atoms with van der Waals surface area (Å²) in [5.41, 5.74) is 4.91. The van der Waals surface area contributed by atoms with Crippen LogP contribution in [0.1, 0.15) is 83.0 Å². The smallest absolute Gasteiger partial charge is 0.220 e. The number of aryl methyl sites for hydroxylation is 1. The molecule has 2 heteroatoms. The van der Waals surface area contributed by atoms with Gasteiger partial charge in [0, 0.05) is 12.8 Å². The topological polar surface area (TPSA) is 8.81 Å². The third-order valence-electron chi connectivity index (χ3n) is 6.09. The maximum Gasteiger partial charge on any atom is 0.268 e. The average Bonchev–Trinajstić information content (AvgIpc) is 3.13. The number of fused-ring (bicyclic) bond motifs is 1. The SMILES string of the molecule is [2H]C1(C2CCCCC2)C=Cc2c(C)n(-c3ccccc3C)c(C(C)(C)C)[n+]21. The van der Waals surface area contributed by atoms with Crippen LogP contribution in [0, 0.1) is 19.8 Å². The maximum atomic E-state index is 9.57. The summed E-state index contributed by atoms with van der Waals surface area (Å²) in [6, 6.07) is 7.96. The van der Waals surface area contributed by atoms with Gasteiger partial charge in [0.1, 0.15) is 11.7 Å². The van der Waals surface area contributed by atoms with Crippen LogP contribution < -0.4 is 4.57 Å². The minimum absolute atomic E-state index is 0.0573. The molecule has 0 saturated heterocycles. The Kier molecular flexibility index (Phi) is 4.03. The van der Waals surface area contributed by atoms with E-state index in [4.69, 9.17) is 0 Å². The highest BCUT2D eigenvalue weighted by atomic mass is 15.2. The van der Waals surface area contributed by atoms with Crippen LogP contribution in [-0.2, 0) is 5.41 Å². The summed E-state index contributed by atoms with van der Waals surface area (Å²) in [5, 5.41) is 0.